The maximum absolute atomic E-state index is 11.8. The molecule has 0 fully saturated rings. The van der Waals surface area contributed by atoms with Gasteiger partial charge < -0.3 is 11.1 Å². The van der Waals surface area contributed by atoms with Gasteiger partial charge in [0, 0.05) is 17.3 Å². The largest absolute Gasteiger partial charge is 0.375 e. The summed E-state index contributed by atoms with van der Waals surface area (Å²) in [6.07, 6.45) is 1.53. The Balaban J connectivity index is 1.79. The van der Waals surface area contributed by atoms with Crippen molar-refractivity contribution in [2.75, 3.05) is 11.1 Å². The van der Waals surface area contributed by atoms with Crippen molar-refractivity contribution in [2.45, 2.75) is 19.8 Å². The summed E-state index contributed by atoms with van der Waals surface area (Å²) in [5.41, 5.74) is 8.90. The van der Waals surface area contributed by atoms with Crippen LogP contribution in [0.15, 0.2) is 28.8 Å². The summed E-state index contributed by atoms with van der Waals surface area (Å²) in [6, 6.07) is 3.21. The molecule has 0 bridgehead atoms. The lowest BCUT2D eigenvalue weighted by Gasteiger charge is -2.04. The molecular weight excluding hydrogens is 352 g/mol. The molecular formula is C14H15ClN6O2S. The van der Waals surface area contributed by atoms with Crippen LogP contribution in [0.2, 0.25) is 5.02 Å². The molecule has 24 heavy (non-hydrogen) atoms. The van der Waals surface area contributed by atoms with Crippen LogP contribution < -0.4 is 16.5 Å². The average molecular weight is 367 g/mol. The van der Waals surface area contributed by atoms with E-state index in [2.05, 4.69) is 25.8 Å². The van der Waals surface area contributed by atoms with Gasteiger partial charge in [-0.2, -0.15) is 5.10 Å². The van der Waals surface area contributed by atoms with Crippen LogP contribution in [-0.4, -0.2) is 27.5 Å². The van der Waals surface area contributed by atoms with Gasteiger partial charge in [-0.25, -0.2) is 15.4 Å². The summed E-state index contributed by atoms with van der Waals surface area (Å²) in [6.45, 7) is 1.63. The Kier molecular flexibility index (Phi) is 6.21. The molecule has 0 spiro atoms. The van der Waals surface area contributed by atoms with Crippen molar-refractivity contribution in [3.05, 3.63) is 34.4 Å². The fourth-order valence-corrected chi connectivity index (χ4v) is 2.35. The van der Waals surface area contributed by atoms with E-state index in [1.165, 1.54) is 17.5 Å². The van der Waals surface area contributed by atoms with E-state index in [1.807, 2.05) is 0 Å². The second-order valence-electron chi connectivity index (χ2n) is 4.82. The first-order valence-electron chi connectivity index (χ1n) is 6.85. The Morgan fingerprint density at radius 2 is 2.17 bits per heavy atom. The molecule has 4 N–H and O–H groups in total. The van der Waals surface area contributed by atoms with Crippen LogP contribution in [0.25, 0.3) is 0 Å². The molecule has 2 heterocycles. The molecule has 126 valence electrons. The number of nitrogens with zero attached hydrogens (tertiary/aromatic N) is 3. The van der Waals surface area contributed by atoms with Crippen LogP contribution >= 0.6 is 22.9 Å². The highest BCUT2D eigenvalue weighted by molar-refractivity contribution is 7.13. The SMILES string of the molecule is C/C(CC(=O)Nc1ccc(Cl)cn1)=N/NC(=O)Cc1csc(N)n1. The third-order valence-corrected chi connectivity index (χ3v) is 3.64. The molecule has 10 heteroatoms. The molecule has 2 amide bonds. The molecule has 0 aliphatic rings. The number of thiazole rings is 1. The number of amides is 2. The van der Waals surface area contributed by atoms with E-state index in [0.29, 0.717) is 27.4 Å². The molecule has 0 radical (unpaired) electrons. The van der Waals surface area contributed by atoms with E-state index < -0.39 is 0 Å². The number of rotatable bonds is 6. The van der Waals surface area contributed by atoms with Crippen molar-refractivity contribution in [3.8, 4) is 0 Å². The highest BCUT2D eigenvalue weighted by Gasteiger charge is 2.08. The number of carbonyl (C=O) groups excluding carboxylic acids is 2. The summed E-state index contributed by atoms with van der Waals surface area (Å²) in [5, 5.41) is 9.08. The quantitative estimate of drug-likeness (QED) is 0.531. The number of hydrogen-bond acceptors (Lipinski definition) is 7. The molecule has 0 aliphatic carbocycles. The van der Waals surface area contributed by atoms with Gasteiger partial charge in [0.1, 0.15) is 5.82 Å². The smallest absolute Gasteiger partial charge is 0.246 e. The first kappa shape index (κ1) is 17.8. The fourth-order valence-electron chi connectivity index (χ4n) is 1.67. The Bertz CT molecular complexity index is 759. The normalized spacial score (nSPS) is 11.2. The number of nitrogens with one attached hydrogen (secondary N) is 2. The Hall–Kier alpha value is -2.52. The van der Waals surface area contributed by atoms with Gasteiger partial charge in [-0.15, -0.1) is 11.3 Å². The second kappa shape index (κ2) is 8.37. The van der Waals surface area contributed by atoms with Crippen molar-refractivity contribution in [2.24, 2.45) is 5.10 Å². The molecule has 0 unspecified atom stereocenters. The molecule has 0 atom stereocenters. The van der Waals surface area contributed by atoms with Crippen LogP contribution in [-0.2, 0) is 16.0 Å². The minimum absolute atomic E-state index is 0.0221. The molecule has 0 saturated carbocycles. The van der Waals surface area contributed by atoms with E-state index in [9.17, 15) is 9.59 Å². The molecule has 0 aromatic carbocycles. The van der Waals surface area contributed by atoms with E-state index in [4.69, 9.17) is 17.3 Å². The van der Waals surface area contributed by atoms with Crippen LogP contribution in [0.4, 0.5) is 10.9 Å². The lowest BCUT2D eigenvalue weighted by Crippen LogP contribution is -2.23. The summed E-state index contributed by atoms with van der Waals surface area (Å²) in [5.74, 6) is -0.241. The fraction of sp³-hybridized carbons (Fsp3) is 0.214. The molecule has 2 aromatic heterocycles. The van der Waals surface area contributed by atoms with Gasteiger partial charge in [0.05, 0.1) is 23.6 Å². The number of carbonyl (C=O) groups is 2. The summed E-state index contributed by atoms with van der Waals surface area (Å²) in [4.78, 5) is 31.5. The second-order valence-corrected chi connectivity index (χ2v) is 6.15. The van der Waals surface area contributed by atoms with Crippen molar-refractivity contribution in [1.82, 2.24) is 15.4 Å². The van der Waals surface area contributed by atoms with E-state index in [0.717, 1.165) is 0 Å². The minimum Gasteiger partial charge on any atom is -0.375 e. The zero-order valence-corrected chi connectivity index (χ0v) is 14.3. The number of nitrogen functional groups attached to an aromatic ring is 1. The predicted octanol–water partition coefficient (Wildman–Crippen LogP) is 1.84. The van der Waals surface area contributed by atoms with E-state index in [1.54, 1.807) is 24.4 Å². The Morgan fingerprint density at radius 1 is 1.38 bits per heavy atom. The molecule has 2 aromatic rings. The number of aromatic nitrogens is 2. The van der Waals surface area contributed by atoms with Gasteiger partial charge in [0.2, 0.25) is 11.8 Å². The number of hydrazone groups is 1. The third kappa shape index (κ3) is 5.94. The van der Waals surface area contributed by atoms with Gasteiger partial charge in [-0.1, -0.05) is 11.6 Å². The molecule has 0 aliphatic heterocycles. The van der Waals surface area contributed by atoms with Crippen LogP contribution in [0, 0.1) is 0 Å². The zero-order valence-electron chi connectivity index (χ0n) is 12.7. The first-order chi connectivity index (χ1) is 11.4. The van der Waals surface area contributed by atoms with Gasteiger partial charge in [-0.05, 0) is 19.1 Å². The van der Waals surface area contributed by atoms with Crippen molar-refractivity contribution in [1.29, 1.82) is 0 Å². The number of halogens is 1. The van der Waals surface area contributed by atoms with Gasteiger partial charge in [0.15, 0.2) is 5.13 Å². The molecule has 0 saturated heterocycles. The summed E-state index contributed by atoms with van der Waals surface area (Å²) >= 11 is 6.98. The maximum atomic E-state index is 11.8. The van der Waals surface area contributed by atoms with Crippen LogP contribution in [0.5, 0.6) is 0 Å². The molecule has 2 rings (SSSR count). The lowest BCUT2D eigenvalue weighted by molar-refractivity contribution is -0.120. The molecule has 8 nitrogen and oxygen atoms in total. The number of hydrogen-bond donors (Lipinski definition) is 3. The maximum Gasteiger partial charge on any atom is 0.246 e. The highest BCUT2D eigenvalue weighted by atomic mass is 35.5. The Morgan fingerprint density at radius 3 is 2.79 bits per heavy atom. The predicted molar refractivity (Wildman–Crippen MR) is 94.0 cm³/mol. The Labute approximate surface area is 147 Å². The monoisotopic (exact) mass is 366 g/mol. The standard InChI is InChI=1S/C14H15ClN6O2S/c1-8(4-12(22)19-11-3-2-9(15)6-17-11)20-21-13(23)5-10-7-24-14(16)18-10/h2-3,6-7H,4-5H2,1H3,(H2,16,18)(H,21,23)(H,17,19,22)/b20-8-. The average Bonchev–Trinajstić information content (AvgIpc) is 2.92. The number of nitrogens with two attached hydrogens (primary N) is 1. The zero-order chi connectivity index (χ0) is 17.5. The number of pyridine rings is 1. The van der Waals surface area contributed by atoms with E-state index in [-0.39, 0.29) is 24.7 Å². The third-order valence-electron chi connectivity index (χ3n) is 2.69. The minimum atomic E-state index is -0.334. The van der Waals surface area contributed by atoms with Crippen molar-refractivity contribution >= 4 is 51.4 Å². The summed E-state index contributed by atoms with van der Waals surface area (Å²) in [7, 11) is 0. The van der Waals surface area contributed by atoms with Crippen molar-refractivity contribution in [3.63, 3.8) is 0 Å². The van der Waals surface area contributed by atoms with Gasteiger partial charge >= 0.3 is 0 Å². The number of anilines is 2. The lowest BCUT2D eigenvalue weighted by atomic mass is 10.3. The first-order valence-corrected chi connectivity index (χ1v) is 8.11. The summed E-state index contributed by atoms with van der Waals surface area (Å²) < 4.78 is 0. The van der Waals surface area contributed by atoms with Crippen LogP contribution in [0.3, 0.4) is 0 Å². The van der Waals surface area contributed by atoms with Gasteiger partial charge in [-0.3, -0.25) is 9.59 Å². The van der Waals surface area contributed by atoms with Crippen LogP contribution in [0.1, 0.15) is 19.0 Å². The van der Waals surface area contributed by atoms with Crippen molar-refractivity contribution < 1.29 is 9.59 Å². The van der Waals surface area contributed by atoms with E-state index >= 15 is 0 Å². The topological polar surface area (TPSA) is 122 Å². The van der Waals surface area contributed by atoms with Gasteiger partial charge in [0.25, 0.3) is 0 Å². The highest BCUT2D eigenvalue weighted by Crippen LogP contribution is 2.11.